The second kappa shape index (κ2) is 10.3. The molecule has 1 N–H and O–H groups in total. The van der Waals surface area contributed by atoms with Gasteiger partial charge in [-0.1, -0.05) is 6.92 Å². The molecule has 0 saturated carbocycles. The van der Waals surface area contributed by atoms with Crippen molar-refractivity contribution in [3.05, 3.63) is 0 Å². The molecular weight excluding hydrogens is 224 g/mol. The zero-order valence-corrected chi connectivity index (χ0v) is 11.5. The summed E-state index contributed by atoms with van der Waals surface area (Å²) >= 11 is 0. The minimum Gasteiger partial charge on any atom is -0.380 e. The number of ether oxygens (including phenoxy) is 1. The molecule has 0 aliphatic carbocycles. The standard InChI is InChI=1S/C12H26N2O.ClH/c1-3-14(8-9-15-4-2)11-12-6-5-7-13-10-12;/h12-13H,3-11H2,1-2H3;1H. The minimum atomic E-state index is 0. The number of nitrogens with zero attached hydrogens (tertiary/aromatic N) is 1. The molecule has 3 nitrogen and oxygen atoms in total. The van der Waals surface area contributed by atoms with Crippen molar-refractivity contribution < 1.29 is 4.74 Å². The molecular formula is C12H27ClN2O. The van der Waals surface area contributed by atoms with Crippen molar-refractivity contribution in [3.63, 3.8) is 0 Å². The summed E-state index contributed by atoms with van der Waals surface area (Å²) in [5, 5.41) is 3.47. The number of hydrogen-bond donors (Lipinski definition) is 1. The van der Waals surface area contributed by atoms with Crippen molar-refractivity contribution in [2.24, 2.45) is 5.92 Å². The summed E-state index contributed by atoms with van der Waals surface area (Å²) in [7, 11) is 0. The molecule has 0 spiro atoms. The van der Waals surface area contributed by atoms with Gasteiger partial charge >= 0.3 is 0 Å². The van der Waals surface area contributed by atoms with Gasteiger partial charge in [-0.15, -0.1) is 12.4 Å². The predicted molar refractivity (Wildman–Crippen MR) is 71.4 cm³/mol. The van der Waals surface area contributed by atoms with Crippen molar-refractivity contribution in [3.8, 4) is 0 Å². The van der Waals surface area contributed by atoms with Gasteiger partial charge in [0.25, 0.3) is 0 Å². The van der Waals surface area contributed by atoms with E-state index in [2.05, 4.69) is 24.1 Å². The molecule has 0 bridgehead atoms. The van der Waals surface area contributed by atoms with E-state index in [9.17, 15) is 0 Å². The second-order valence-corrected chi connectivity index (χ2v) is 4.30. The van der Waals surface area contributed by atoms with E-state index in [1.807, 2.05) is 0 Å². The van der Waals surface area contributed by atoms with E-state index >= 15 is 0 Å². The zero-order chi connectivity index (χ0) is 10.9. The first-order valence-electron chi connectivity index (χ1n) is 6.37. The summed E-state index contributed by atoms with van der Waals surface area (Å²) < 4.78 is 5.40. The lowest BCUT2D eigenvalue weighted by Gasteiger charge is -2.29. The molecule has 1 fully saturated rings. The van der Waals surface area contributed by atoms with E-state index in [1.54, 1.807) is 0 Å². The molecule has 16 heavy (non-hydrogen) atoms. The highest BCUT2D eigenvalue weighted by molar-refractivity contribution is 5.85. The lowest BCUT2D eigenvalue weighted by atomic mass is 9.99. The highest BCUT2D eigenvalue weighted by Crippen LogP contribution is 2.11. The Bertz CT molecular complexity index is 152. The topological polar surface area (TPSA) is 24.5 Å². The van der Waals surface area contributed by atoms with Crippen molar-refractivity contribution in [2.45, 2.75) is 26.7 Å². The third-order valence-corrected chi connectivity index (χ3v) is 3.12. The molecule has 1 unspecified atom stereocenters. The molecule has 1 aliphatic heterocycles. The number of likely N-dealkylation sites (N-methyl/N-ethyl adjacent to an activating group) is 1. The summed E-state index contributed by atoms with van der Waals surface area (Å²) in [5.74, 6) is 0.848. The van der Waals surface area contributed by atoms with Crippen LogP contribution in [-0.4, -0.2) is 50.8 Å². The predicted octanol–water partition coefficient (Wildman–Crippen LogP) is 1.77. The Hall–Kier alpha value is 0.170. The zero-order valence-electron chi connectivity index (χ0n) is 10.7. The van der Waals surface area contributed by atoms with Crippen LogP contribution >= 0.6 is 12.4 Å². The van der Waals surface area contributed by atoms with Gasteiger partial charge in [0.2, 0.25) is 0 Å². The maximum absolute atomic E-state index is 5.40. The van der Waals surface area contributed by atoms with Crippen molar-refractivity contribution in [2.75, 3.05) is 45.9 Å². The van der Waals surface area contributed by atoms with Crippen LogP contribution in [0.1, 0.15) is 26.7 Å². The van der Waals surface area contributed by atoms with Gasteiger partial charge in [0.15, 0.2) is 0 Å². The molecule has 0 aromatic rings. The molecule has 0 aromatic carbocycles. The molecule has 1 atom stereocenters. The van der Waals surface area contributed by atoms with Gasteiger partial charge in [-0.3, -0.25) is 0 Å². The molecule has 1 rings (SSSR count). The van der Waals surface area contributed by atoms with Crippen LogP contribution in [0.5, 0.6) is 0 Å². The maximum Gasteiger partial charge on any atom is 0.0593 e. The Balaban J connectivity index is 0.00000225. The number of halogens is 1. The molecule has 0 aromatic heterocycles. The van der Waals surface area contributed by atoms with Crippen LogP contribution in [0.4, 0.5) is 0 Å². The SMILES string of the molecule is CCOCCN(CC)CC1CCCNC1.Cl. The maximum atomic E-state index is 5.40. The molecule has 0 amide bonds. The van der Waals surface area contributed by atoms with Gasteiger partial charge in [-0.25, -0.2) is 0 Å². The van der Waals surface area contributed by atoms with Crippen LogP contribution in [0, 0.1) is 5.92 Å². The summed E-state index contributed by atoms with van der Waals surface area (Å²) in [6.07, 6.45) is 2.73. The van der Waals surface area contributed by atoms with Crippen molar-refractivity contribution >= 4 is 12.4 Å². The van der Waals surface area contributed by atoms with Crippen LogP contribution in [0.15, 0.2) is 0 Å². The lowest BCUT2D eigenvalue weighted by Crippen LogP contribution is -2.39. The van der Waals surface area contributed by atoms with E-state index in [-0.39, 0.29) is 12.4 Å². The monoisotopic (exact) mass is 250 g/mol. The number of rotatable bonds is 7. The summed E-state index contributed by atoms with van der Waals surface area (Å²) in [6.45, 7) is 11.9. The first-order valence-corrected chi connectivity index (χ1v) is 6.37. The normalized spacial score (nSPS) is 20.8. The fourth-order valence-corrected chi connectivity index (χ4v) is 2.16. The van der Waals surface area contributed by atoms with Crippen molar-refractivity contribution in [1.29, 1.82) is 0 Å². The van der Waals surface area contributed by atoms with Crippen LogP contribution in [0.2, 0.25) is 0 Å². The fourth-order valence-electron chi connectivity index (χ4n) is 2.16. The van der Waals surface area contributed by atoms with Crippen LogP contribution in [0.3, 0.4) is 0 Å². The Morgan fingerprint density at radius 1 is 1.38 bits per heavy atom. The number of nitrogens with one attached hydrogen (secondary N) is 1. The fraction of sp³-hybridized carbons (Fsp3) is 1.00. The third-order valence-electron chi connectivity index (χ3n) is 3.12. The van der Waals surface area contributed by atoms with Crippen LogP contribution < -0.4 is 5.32 Å². The average molecular weight is 251 g/mol. The molecule has 4 heteroatoms. The van der Waals surface area contributed by atoms with E-state index in [4.69, 9.17) is 4.74 Å². The van der Waals surface area contributed by atoms with E-state index in [0.717, 1.165) is 32.2 Å². The lowest BCUT2D eigenvalue weighted by molar-refractivity contribution is 0.106. The van der Waals surface area contributed by atoms with Gasteiger partial charge in [0.05, 0.1) is 6.61 Å². The van der Waals surface area contributed by atoms with Gasteiger partial charge in [0, 0.05) is 19.7 Å². The third kappa shape index (κ3) is 6.69. The van der Waals surface area contributed by atoms with Gasteiger partial charge in [0.1, 0.15) is 0 Å². The Labute approximate surface area is 106 Å². The summed E-state index contributed by atoms with van der Waals surface area (Å²) in [6, 6.07) is 0. The van der Waals surface area contributed by atoms with Gasteiger partial charge in [-0.2, -0.15) is 0 Å². The van der Waals surface area contributed by atoms with Crippen molar-refractivity contribution in [1.82, 2.24) is 10.2 Å². The molecule has 1 saturated heterocycles. The molecule has 1 heterocycles. The average Bonchev–Trinajstić information content (AvgIpc) is 2.29. The minimum absolute atomic E-state index is 0. The summed E-state index contributed by atoms with van der Waals surface area (Å²) in [5.41, 5.74) is 0. The van der Waals surface area contributed by atoms with Crippen LogP contribution in [0.25, 0.3) is 0 Å². The largest absolute Gasteiger partial charge is 0.380 e. The number of piperidine rings is 1. The van der Waals surface area contributed by atoms with Gasteiger partial charge < -0.3 is 15.0 Å². The molecule has 1 aliphatic rings. The Morgan fingerprint density at radius 3 is 2.75 bits per heavy atom. The van der Waals surface area contributed by atoms with E-state index < -0.39 is 0 Å². The Morgan fingerprint density at radius 2 is 2.19 bits per heavy atom. The Kier molecular flexibility index (Phi) is 10.4. The number of hydrogen-bond acceptors (Lipinski definition) is 3. The molecule has 0 radical (unpaired) electrons. The smallest absolute Gasteiger partial charge is 0.0593 e. The van der Waals surface area contributed by atoms with E-state index in [0.29, 0.717) is 0 Å². The second-order valence-electron chi connectivity index (χ2n) is 4.30. The quantitative estimate of drug-likeness (QED) is 0.697. The van der Waals surface area contributed by atoms with Gasteiger partial charge in [-0.05, 0) is 45.3 Å². The highest BCUT2D eigenvalue weighted by Gasteiger charge is 2.15. The molecule has 98 valence electrons. The first kappa shape index (κ1) is 16.2. The summed E-state index contributed by atoms with van der Waals surface area (Å²) in [4.78, 5) is 2.51. The van der Waals surface area contributed by atoms with E-state index in [1.165, 1.54) is 32.5 Å². The van der Waals surface area contributed by atoms with Crippen LogP contribution in [-0.2, 0) is 4.74 Å². The highest BCUT2D eigenvalue weighted by atomic mass is 35.5. The first-order chi connectivity index (χ1) is 7.36.